The lowest BCUT2D eigenvalue weighted by atomic mass is 9.99. The minimum Gasteiger partial charge on any atom is -0.490 e. The third-order valence-corrected chi connectivity index (χ3v) is 4.35. The maximum Gasteiger partial charge on any atom is 0.311 e. The Hall–Kier alpha value is -3.74. The van der Waals surface area contributed by atoms with Crippen LogP contribution < -0.4 is 4.74 Å². The molecular formula is C20H15N3O4. The molecule has 134 valence electrons. The molecular weight excluding hydrogens is 346 g/mol. The lowest BCUT2D eigenvalue weighted by Gasteiger charge is -2.08. The number of nitro groups is 1. The van der Waals surface area contributed by atoms with Gasteiger partial charge in [-0.2, -0.15) is 0 Å². The van der Waals surface area contributed by atoms with E-state index in [2.05, 4.69) is 10.1 Å². The summed E-state index contributed by atoms with van der Waals surface area (Å²) in [6.45, 7) is 1.91. The van der Waals surface area contributed by atoms with E-state index in [1.165, 1.54) is 13.2 Å². The summed E-state index contributed by atoms with van der Waals surface area (Å²) in [4.78, 5) is 15.4. The zero-order valence-electron chi connectivity index (χ0n) is 14.7. The number of hydrogen-bond acceptors (Lipinski definition) is 6. The van der Waals surface area contributed by atoms with Crippen LogP contribution in [0.1, 0.15) is 5.69 Å². The number of methoxy groups -OCH3 is 1. The van der Waals surface area contributed by atoms with Crippen molar-refractivity contribution in [2.24, 2.45) is 0 Å². The second kappa shape index (κ2) is 6.53. The van der Waals surface area contributed by atoms with Gasteiger partial charge in [0.25, 0.3) is 0 Å². The van der Waals surface area contributed by atoms with Gasteiger partial charge >= 0.3 is 5.69 Å². The van der Waals surface area contributed by atoms with Gasteiger partial charge in [-0.05, 0) is 36.8 Å². The van der Waals surface area contributed by atoms with Crippen LogP contribution in [0.2, 0.25) is 0 Å². The molecule has 0 spiro atoms. The second-order valence-corrected chi connectivity index (χ2v) is 6.04. The summed E-state index contributed by atoms with van der Waals surface area (Å²) in [7, 11) is 1.40. The van der Waals surface area contributed by atoms with Crippen LogP contribution in [0.15, 0.2) is 59.3 Å². The third-order valence-electron chi connectivity index (χ3n) is 4.35. The lowest BCUT2D eigenvalue weighted by molar-refractivity contribution is -0.385. The normalized spacial score (nSPS) is 10.9. The van der Waals surface area contributed by atoms with Crippen LogP contribution in [0.5, 0.6) is 5.75 Å². The van der Waals surface area contributed by atoms with Crippen LogP contribution in [-0.4, -0.2) is 22.2 Å². The molecule has 27 heavy (non-hydrogen) atoms. The predicted molar refractivity (Wildman–Crippen MR) is 101 cm³/mol. The van der Waals surface area contributed by atoms with Gasteiger partial charge in [0, 0.05) is 28.3 Å². The smallest absolute Gasteiger partial charge is 0.311 e. The Balaban J connectivity index is 1.93. The van der Waals surface area contributed by atoms with Gasteiger partial charge in [0.1, 0.15) is 0 Å². The number of rotatable bonds is 4. The Bertz CT molecular complexity index is 1170. The fourth-order valence-corrected chi connectivity index (χ4v) is 3.14. The van der Waals surface area contributed by atoms with Crippen LogP contribution in [0, 0.1) is 17.0 Å². The number of ether oxygens (including phenoxy) is 1. The highest BCUT2D eigenvalue weighted by atomic mass is 16.6. The summed E-state index contributed by atoms with van der Waals surface area (Å²) in [6.07, 6.45) is 1.56. The number of aryl methyl sites for hydroxylation is 1. The summed E-state index contributed by atoms with van der Waals surface area (Å²) in [5, 5.41) is 16.2. The number of nitro benzene ring substituents is 1. The van der Waals surface area contributed by atoms with Crippen molar-refractivity contribution in [1.29, 1.82) is 0 Å². The Labute approximate surface area is 154 Å². The zero-order chi connectivity index (χ0) is 19.0. The average molecular weight is 361 g/mol. The first kappa shape index (κ1) is 16.7. The van der Waals surface area contributed by atoms with Gasteiger partial charge in [0.2, 0.25) is 0 Å². The van der Waals surface area contributed by atoms with Gasteiger partial charge in [-0.1, -0.05) is 23.4 Å². The minimum absolute atomic E-state index is 0.113. The molecule has 0 saturated heterocycles. The summed E-state index contributed by atoms with van der Waals surface area (Å²) in [6, 6.07) is 14.4. The van der Waals surface area contributed by atoms with Crippen LogP contribution in [0.25, 0.3) is 33.4 Å². The number of fused-ring (bicyclic) bond motifs is 1. The molecule has 0 amide bonds. The van der Waals surface area contributed by atoms with Crippen LogP contribution in [0.4, 0.5) is 5.69 Å². The fourth-order valence-electron chi connectivity index (χ4n) is 3.14. The van der Waals surface area contributed by atoms with Crippen molar-refractivity contribution < 1.29 is 14.2 Å². The monoisotopic (exact) mass is 361 g/mol. The molecule has 2 aromatic carbocycles. The van der Waals surface area contributed by atoms with Crippen molar-refractivity contribution in [3.05, 3.63) is 70.5 Å². The van der Waals surface area contributed by atoms with E-state index in [-0.39, 0.29) is 11.4 Å². The van der Waals surface area contributed by atoms with Gasteiger partial charge in [0.05, 0.1) is 23.7 Å². The molecule has 0 saturated carbocycles. The van der Waals surface area contributed by atoms with E-state index in [9.17, 15) is 10.1 Å². The molecule has 0 bridgehead atoms. The van der Waals surface area contributed by atoms with Crippen molar-refractivity contribution in [3.63, 3.8) is 0 Å². The highest BCUT2D eigenvalue weighted by molar-refractivity contribution is 5.97. The first-order chi connectivity index (χ1) is 13.1. The Morgan fingerprint density at radius 1 is 1.11 bits per heavy atom. The van der Waals surface area contributed by atoms with Crippen LogP contribution in [-0.2, 0) is 0 Å². The second-order valence-electron chi connectivity index (χ2n) is 6.04. The number of nitrogens with zero attached hydrogens (tertiary/aromatic N) is 3. The van der Waals surface area contributed by atoms with Crippen molar-refractivity contribution in [1.82, 2.24) is 10.1 Å². The van der Waals surface area contributed by atoms with Gasteiger partial charge in [-0.15, -0.1) is 0 Å². The molecule has 0 aliphatic carbocycles. The summed E-state index contributed by atoms with van der Waals surface area (Å²) < 4.78 is 10.6. The van der Waals surface area contributed by atoms with Crippen molar-refractivity contribution in [2.75, 3.05) is 7.11 Å². The number of aromatic nitrogens is 2. The van der Waals surface area contributed by atoms with E-state index in [1.54, 1.807) is 18.3 Å². The molecule has 0 atom stereocenters. The highest BCUT2D eigenvalue weighted by Crippen LogP contribution is 2.39. The van der Waals surface area contributed by atoms with Crippen molar-refractivity contribution >= 4 is 16.6 Å². The number of benzene rings is 2. The van der Waals surface area contributed by atoms with Gasteiger partial charge in [-0.3, -0.25) is 15.1 Å². The Morgan fingerprint density at radius 3 is 2.70 bits per heavy atom. The van der Waals surface area contributed by atoms with E-state index in [0.29, 0.717) is 16.9 Å². The molecule has 4 aromatic rings. The number of hydrogen-bond donors (Lipinski definition) is 0. The van der Waals surface area contributed by atoms with E-state index in [0.717, 1.165) is 22.2 Å². The highest BCUT2D eigenvalue weighted by Gasteiger charge is 2.21. The zero-order valence-corrected chi connectivity index (χ0v) is 14.7. The summed E-state index contributed by atoms with van der Waals surface area (Å²) in [5.74, 6) is 0.739. The summed E-state index contributed by atoms with van der Waals surface area (Å²) in [5.41, 5.74) is 3.69. The first-order valence-electron chi connectivity index (χ1n) is 8.22. The fraction of sp³-hybridized carbons (Fsp3) is 0.100. The molecule has 0 aliphatic rings. The molecule has 0 unspecified atom stereocenters. The molecule has 0 radical (unpaired) electrons. The lowest BCUT2D eigenvalue weighted by Crippen LogP contribution is -1.94. The Morgan fingerprint density at radius 2 is 1.93 bits per heavy atom. The predicted octanol–water partition coefficient (Wildman–Crippen LogP) is 4.78. The van der Waals surface area contributed by atoms with Gasteiger partial charge < -0.3 is 9.26 Å². The van der Waals surface area contributed by atoms with Crippen LogP contribution in [0.3, 0.4) is 0 Å². The SMILES string of the molecule is COc1ccc(-c2cnoc2-c2cc(C)nc3ccccc23)cc1[N+](=O)[O-]. The Kier molecular flexibility index (Phi) is 4.04. The minimum atomic E-state index is -0.471. The standard InChI is InChI=1S/C20H15N3O4/c1-12-9-15(14-5-3-4-6-17(14)22-12)20-16(11-21-27-20)13-7-8-19(26-2)18(10-13)23(24)25/h3-11H,1-2H3. The molecule has 7 nitrogen and oxygen atoms in total. The maximum absolute atomic E-state index is 11.4. The summed E-state index contributed by atoms with van der Waals surface area (Å²) >= 11 is 0. The van der Waals surface area contributed by atoms with Crippen molar-refractivity contribution in [3.8, 4) is 28.2 Å². The van der Waals surface area contributed by atoms with Gasteiger partial charge in [-0.25, -0.2) is 0 Å². The van der Waals surface area contributed by atoms with Gasteiger partial charge in [0.15, 0.2) is 11.5 Å². The van der Waals surface area contributed by atoms with E-state index < -0.39 is 4.92 Å². The molecule has 0 aliphatic heterocycles. The largest absolute Gasteiger partial charge is 0.490 e. The van der Waals surface area contributed by atoms with Crippen molar-refractivity contribution in [2.45, 2.75) is 6.92 Å². The quantitative estimate of drug-likeness (QED) is 0.384. The molecule has 2 heterocycles. The van der Waals surface area contributed by atoms with E-state index >= 15 is 0 Å². The number of pyridine rings is 1. The molecule has 7 heteroatoms. The first-order valence-corrected chi connectivity index (χ1v) is 8.22. The maximum atomic E-state index is 11.4. The van der Waals surface area contributed by atoms with Crippen LogP contribution >= 0.6 is 0 Å². The third kappa shape index (κ3) is 2.89. The van der Waals surface area contributed by atoms with E-state index in [1.807, 2.05) is 37.3 Å². The topological polar surface area (TPSA) is 91.3 Å². The average Bonchev–Trinajstić information content (AvgIpc) is 3.16. The van der Waals surface area contributed by atoms with E-state index in [4.69, 9.17) is 9.26 Å². The molecule has 2 aromatic heterocycles. The molecule has 0 fully saturated rings. The molecule has 0 N–H and O–H groups in total. The number of para-hydroxylation sites is 1. The molecule has 4 rings (SSSR count).